The van der Waals surface area contributed by atoms with E-state index in [9.17, 15) is 8.42 Å². The summed E-state index contributed by atoms with van der Waals surface area (Å²) < 4.78 is 35.9. The van der Waals surface area contributed by atoms with Crippen LogP contribution in [0.5, 0.6) is 0 Å². The highest BCUT2D eigenvalue weighted by Gasteiger charge is 2.38. The minimum Gasteiger partial charge on any atom is -0.379 e. The number of H-pyrrole nitrogens is 1. The van der Waals surface area contributed by atoms with Crippen molar-refractivity contribution >= 4 is 26.8 Å². The molecule has 2 aliphatic rings. The minimum absolute atomic E-state index is 0.0828. The van der Waals surface area contributed by atoms with Gasteiger partial charge in [0, 0.05) is 37.8 Å². The molecule has 5 rings (SSSR count). The molecule has 0 bridgehead atoms. The first-order valence-corrected chi connectivity index (χ1v) is 12.7. The summed E-state index contributed by atoms with van der Waals surface area (Å²) in [4.78, 5) is 9.67. The zero-order valence-electron chi connectivity index (χ0n) is 17.7. The summed E-state index contributed by atoms with van der Waals surface area (Å²) in [6.45, 7) is 5.63. The molecule has 2 fully saturated rings. The smallest absolute Gasteiger partial charge is 0.213 e. The van der Waals surface area contributed by atoms with Crippen molar-refractivity contribution < 1.29 is 13.2 Å². The van der Waals surface area contributed by atoms with E-state index in [2.05, 4.69) is 41.1 Å². The van der Waals surface area contributed by atoms with Crippen LogP contribution in [-0.2, 0) is 14.8 Å². The Kier molecular flexibility index (Phi) is 5.67. The zero-order valence-corrected chi connectivity index (χ0v) is 18.5. The van der Waals surface area contributed by atoms with Crippen LogP contribution in [0.1, 0.15) is 37.9 Å². The molecule has 4 heterocycles. The minimum atomic E-state index is -3.35. The molecule has 2 N–H and O–H groups in total. The average Bonchev–Trinajstić information content (AvgIpc) is 3.49. The summed E-state index contributed by atoms with van der Waals surface area (Å²) in [5.74, 6) is 1.51. The molecular formula is C20H29N7O3S. The summed E-state index contributed by atoms with van der Waals surface area (Å²) in [7, 11) is -3.35. The maximum Gasteiger partial charge on any atom is 0.213 e. The van der Waals surface area contributed by atoms with Gasteiger partial charge in [-0.15, -0.1) is 10.2 Å². The van der Waals surface area contributed by atoms with Crippen LogP contribution in [0.25, 0.3) is 16.8 Å². The number of nitrogens with zero attached hydrogens (tertiary/aromatic N) is 5. The molecular weight excluding hydrogens is 418 g/mol. The molecule has 1 saturated carbocycles. The molecule has 11 heteroatoms. The lowest BCUT2D eigenvalue weighted by Gasteiger charge is -2.26. The highest BCUT2D eigenvalue weighted by atomic mass is 32.2. The first kappa shape index (κ1) is 20.8. The van der Waals surface area contributed by atoms with Gasteiger partial charge in [-0.3, -0.25) is 9.30 Å². The molecule has 3 aromatic heterocycles. The van der Waals surface area contributed by atoms with Crippen LogP contribution >= 0.6 is 0 Å². The summed E-state index contributed by atoms with van der Waals surface area (Å²) in [5.41, 5.74) is 2.45. The van der Waals surface area contributed by atoms with Crippen molar-refractivity contribution in [3.63, 3.8) is 0 Å². The van der Waals surface area contributed by atoms with E-state index < -0.39 is 10.0 Å². The zero-order chi connectivity index (χ0) is 21.4. The molecule has 1 aliphatic heterocycles. The van der Waals surface area contributed by atoms with Gasteiger partial charge in [-0.1, -0.05) is 13.3 Å². The van der Waals surface area contributed by atoms with E-state index >= 15 is 0 Å². The quantitative estimate of drug-likeness (QED) is 0.557. The van der Waals surface area contributed by atoms with E-state index in [0.29, 0.717) is 31.3 Å². The number of fused-ring (bicyclic) bond motifs is 3. The summed E-state index contributed by atoms with van der Waals surface area (Å²) >= 11 is 0. The lowest BCUT2D eigenvalue weighted by Crippen LogP contribution is -2.42. The predicted molar refractivity (Wildman–Crippen MR) is 116 cm³/mol. The first-order valence-electron chi connectivity index (χ1n) is 11.0. The molecule has 31 heavy (non-hydrogen) atoms. The molecule has 0 radical (unpaired) electrons. The number of sulfonamides is 1. The van der Waals surface area contributed by atoms with E-state index in [-0.39, 0.29) is 17.7 Å². The first-order chi connectivity index (χ1) is 15.0. The maximum atomic E-state index is 12.8. The second kappa shape index (κ2) is 8.45. The lowest BCUT2D eigenvalue weighted by molar-refractivity contribution is 0.0408. The Balaban J connectivity index is 1.32. The van der Waals surface area contributed by atoms with E-state index in [1.54, 1.807) is 6.20 Å². The summed E-state index contributed by atoms with van der Waals surface area (Å²) in [6.07, 6.45) is 6.08. The lowest BCUT2D eigenvalue weighted by atomic mass is 9.93. The number of hydrogen-bond donors (Lipinski definition) is 2. The third-order valence-corrected chi connectivity index (χ3v) is 8.06. The molecule has 10 nitrogen and oxygen atoms in total. The number of hydrogen-bond acceptors (Lipinski definition) is 7. The van der Waals surface area contributed by atoms with Gasteiger partial charge in [-0.2, -0.15) is 0 Å². The summed E-state index contributed by atoms with van der Waals surface area (Å²) in [5, 5.41) is 8.82. The Hall–Kier alpha value is -2.08. The van der Waals surface area contributed by atoms with Crippen LogP contribution in [0, 0.1) is 5.92 Å². The normalized spacial score (nSPS) is 25.6. The molecule has 0 spiro atoms. The molecule has 3 unspecified atom stereocenters. The summed E-state index contributed by atoms with van der Waals surface area (Å²) in [6, 6.07) is 1.89. The van der Waals surface area contributed by atoms with Crippen molar-refractivity contribution in [2.75, 3.05) is 38.6 Å². The predicted octanol–water partition coefficient (Wildman–Crippen LogP) is 1.13. The van der Waals surface area contributed by atoms with Crippen molar-refractivity contribution in [2.45, 2.75) is 38.1 Å². The van der Waals surface area contributed by atoms with Gasteiger partial charge in [0.15, 0.2) is 11.3 Å². The fourth-order valence-electron chi connectivity index (χ4n) is 5.01. The number of nitrogens with one attached hydrogen (secondary N) is 2. The van der Waals surface area contributed by atoms with Crippen molar-refractivity contribution in [3.05, 3.63) is 24.3 Å². The van der Waals surface area contributed by atoms with Gasteiger partial charge in [-0.25, -0.2) is 18.1 Å². The van der Waals surface area contributed by atoms with Crippen LogP contribution in [0.4, 0.5) is 0 Å². The van der Waals surface area contributed by atoms with Gasteiger partial charge in [0.2, 0.25) is 10.0 Å². The van der Waals surface area contributed by atoms with Crippen LogP contribution in [0.2, 0.25) is 0 Å². The maximum absolute atomic E-state index is 12.8. The van der Waals surface area contributed by atoms with E-state index in [1.807, 2.05) is 12.3 Å². The van der Waals surface area contributed by atoms with E-state index in [4.69, 9.17) is 4.74 Å². The Morgan fingerprint density at radius 2 is 2.10 bits per heavy atom. The van der Waals surface area contributed by atoms with Crippen LogP contribution in [-0.4, -0.2) is 82.5 Å². The SMILES string of the molecule is CCC1CC(NS(=O)(=O)CCN2CCOCC2)CC1c1nnc2cnc3[nH]ccc3n12. The molecule has 0 amide bonds. The van der Waals surface area contributed by atoms with Gasteiger partial charge in [0.25, 0.3) is 0 Å². The standard InChI is InChI=1S/C20H29N7O3S/c1-2-14-11-15(25-31(28,29)10-7-26-5-8-30-9-6-26)12-16(14)20-24-23-18-13-22-19-17(27(18)20)3-4-21-19/h3-4,13-16,21,25H,2,5-12H2,1H3. The number of morpholine rings is 1. The van der Waals surface area contributed by atoms with Crippen molar-refractivity contribution in [3.8, 4) is 0 Å². The number of ether oxygens (including phenoxy) is 1. The number of aromatic nitrogens is 5. The fraction of sp³-hybridized carbons (Fsp3) is 0.650. The Bertz CT molecular complexity index is 1150. The van der Waals surface area contributed by atoms with Crippen LogP contribution in [0.15, 0.2) is 18.5 Å². The highest BCUT2D eigenvalue weighted by molar-refractivity contribution is 7.89. The van der Waals surface area contributed by atoms with Crippen molar-refractivity contribution in [2.24, 2.45) is 5.92 Å². The van der Waals surface area contributed by atoms with Gasteiger partial charge in [0.1, 0.15) is 5.82 Å². The van der Waals surface area contributed by atoms with Gasteiger partial charge >= 0.3 is 0 Å². The molecule has 3 aromatic rings. The Morgan fingerprint density at radius 1 is 1.26 bits per heavy atom. The van der Waals surface area contributed by atoms with E-state index in [1.165, 1.54) is 0 Å². The largest absolute Gasteiger partial charge is 0.379 e. The van der Waals surface area contributed by atoms with Gasteiger partial charge in [0.05, 0.1) is 30.7 Å². The highest BCUT2D eigenvalue weighted by Crippen LogP contribution is 2.41. The van der Waals surface area contributed by atoms with Crippen LogP contribution in [0.3, 0.4) is 0 Å². The second-order valence-corrected chi connectivity index (χ2v) is 10.4. The fourth-order valence-corrected chi connectivity index (χ4v) is 6.33. The molecule has 1 aliphatic carbocycles. The molecule has 168 valence electrons. The second-order valence-electron chi connectivity index (χ2n) is 8.56. The van der Waals surface area contributed by atoms with Gasteiger partial charge < -0.3 is 9.72 Å². The molecule has 0 aromatic carbocycles. The topological polar surface area (TPSA) is 118 Å². The number of aromatic amines is 1. The van der Waals surface area contributed by atoms with Crippen LogP contribution < -0.4 is 4.72 Å². The number of rotatable bonds is 7. The third-order valence-electron chi connectivity index (χ3n) is 6.64. The van der Waals surface area contributed by atoms with Crippen molar-refractivity contribution in [1.29, 1.82) is 0 Å². The third kappa shape index (κ3) is 4.19. The van der Waals surface area contributed by atoms with Crippen molar-refractivity contribution in [1.82, 2.24) is 34.2 Å². The Morgan fingerprint density at radius 3 is 2.90 bits per heavy atom. The molecule has 3 atom stereocenters. The Labute approximate surface area is 181 Å². The average molecular weight is 448 g/mol. The van der Waals surface area contributed by atoms with Gasteiger partial charge in [-0.05, 0) is 24.8 Å². The van der Waals surface area contributed by atoms with E-state index in [0.717, 1.165) is 49.3 Å². The molecule has 1 saturated heterocycles. The monoisotopic (exact) mass is 447 g/mol.